The molecule has 4 rings (SSSR count). The number of thiophene rings is 1. The minimum absolute atomic E-state index is 0.0354. The summed E-state index contributed by atoms with van der Waals surface area (Å²) in [6.07, 6.45) is 0.824. The van der Waals surface area contributed by atoms with Gasteiger partial charge in [-0.1, -0.05) is 30.3 Å². The molecule has 0 bridgehead atoms. The highest BCUT2D eigenvalue weighted by atomic mass is 32.1. The minimum atomic E-state index is -0.218. The van der Waals surface area contributed by atoms with Crippen LogP contribution in [0.3, 0.4) is 0 Å². The molecule has 1 N–H and O–H groups in total. The number of nitrogens with one attached hydrogen (secondary N) is 1. The summed E-state index contributed by atoms with van der Waals surface area (Å²) >= 11 is 1.46. The summed E-state index contributed by atoms with van der Waals surface area (Å²) < 4.78 is 11.5. The Kier molecular flexibility index (Phi) is 6.96. The quantitative estimate of drug-likeness (QED) is 0.508. The summed E-state index contributed by atoms with van der Waals surface area (Å²) in [6, 6.07) is 18.5. The molecule has 0 aliphatic carbocycles. The van der Waals surface area contributed by atoms with Crippen molar-refractivity contribution in [2.75, 3.05) is 31.6 Å². The highest BCUT2D eigenvalue weighted by molar-refractivity contribution is 7.08. The Morgan fingerprint density at radius 3 is 2.55 bits per heavy atom. The van der Waals surface area contributed by atoms with Gasteiger partial charge in [0.25, 0.3) is 11.8 Å². The van der Waals surface area contributed by atoms with E-state index in [0.717, 1.165) is 12.2 Å². The van der Waals surface area contributed by atoms with Crippen LogP contribution in [-0.2, 0) is 4.74 Å². The van der Waals surface area contributed by atoms with Crippen molar-refractivity contribution in [2.45, 2.75) is 12.5 Å². The second kappa shape index (κ2) is 10.2. The van der Waals surface area contributed by atoms with E-state index >= 15 is 0 Å². The molecular weight excluding hydrogens is 412 g/mol. The molecule has 7 heteroatoms. The first-order valence-corrected chi connectivity index (χ1v) is 11.2. The molecule has 6 nitrogen and oxygen atoms in total. The van der Waals surface area contributed by atoms with Crippen molar-refractivity contribution in [3.05, 3.63) is 82.6 Å². The monoisotopic (exact) mass is 436 g/mol. The number of likely N-dealkylation sites (tertiary alicyclic amines) is 1. The van der Waals surface area contributed by atoms with E-state index in [4.69, 9.17) is 9.47 Å². The third kappa shape index (κ3) is 5.51. The van der Waals surface area contributed by atoms with Crippen molar-refractivity contribution in [1.82, 2.24) is 4.90 Å². The van der Waals surface area contributed by atoms with Crippen LogP contribution < -0.4 is 10.1 Å². The number of amides is 2. The molecule has 1 aromatic heterocycles. The van der Waals surface area contributed by atoms with Crippen molar-refractivity contribution in [1.29, 1.82) is 0 Å². The number of hydrogen-bond donors (Lipinski definition) is 1. The lowest BCUT2D eigenvalue weighted by molar-refractivity contribution is -0.0448. The van der Waals surface area contributed by atoms with Gasteiger partial charge in [0, 0.05) is 24.9 Å². The Bertz CT molecular complexity index is 1000. The number of para-hydroxylation sites is 2. The lowest BCUT2D eigenvalue weighted by atomic mass is 10.1. The molecule has 0 radical (unpaired) electrons. The molecule has 1 fully saturated rings. The maximum Gasteiger partial charge on any atom is 0.256 e. The van der Waals surface area contributed by atoms with Crippen LogP contribution in [0.4, 0.5) is 5.69 Å². The van der Waals surface area contributed by atoms with Gasteiger partial charge in [-0.25, -0.2) is 0 Å². The SMILES string of the molecule is O=C(Nc1ccccc1C(=O)N1CC(OCCCOc2ccccc2)C1)c1ccsc1. The van der Waals surface area contributed by atoms with Crippen LogP contribution in [0.1, 0.15) is 27.1 Å². The first-order chi connectivity index (χ1) is 15.2. The van der Waals surface area contributed by atoms with Crippen molar-refractivity contribution >= 4 is 28.8 Å². The van der Waals surface area contributed by atoms with Gasteiger partial charge in [0.05, 0.1) is 36.1 Å². The Morgan fingerprint density at radius 2 is 1.77 bits per heavy atom. The molecule has 0 atom stereocenters. The normalized spacial score (nSPS) is 13.5. The van der Waals surface area contributed by atoms with Crippen LogP contribution in [-0.4, -0.2) is 49.1 Å². The predicted octanol–water partition coefficient (Wildman–Crippen LogP) is 4.31. The molecule has 2 heterocycles. The van der Waals surface area contributed by atoms with Gasteiger partial charge in [-0.05, 0) is 35.7 Å². The zero-order chi connectivity index (χ0) is 21.5. The van der Waals surface area contributed by atoms with Gasteiger partial charge in [-0.15, -0.1) is 0 Å². The van der Waals surface area contributed by atoms with Gasteiger partial charge in [-0.2, -0.15) is 11.3 Å². The van der Waals surface area contributed by atoms with E-state index in [9.17, 15) is 9.59 Å². The highest BCUT2D eigenvalue weighted by Gasteiger charge is 2.32. The average molecular weight is 437 g/mol. The van der Waals surface area contributed by atoms with E-state index in [1.54, 1.807) is 40.6 Å². The average Bonchev–Trinajstić information content (AvgIpc) is 3.31. The predicted molar refractivity (Wildman–Crippen MR) is 121 cm³/mol. The van der Waals surface area contributed by atoms with Gasteiger partial charge in [0.15, 0.2) is 0 Å². The Hall–Kier alpha value is -3.16. The second-order valence-corrected chi connectivity index (χ2v) is 8.01. The molecule has 0 unspecified atom stereocenters. The van der Waals surface area contributed by atoms with Gasteiger partial charge in [-0.3, -0.25) is 9.59 Å². The fraction of sp³-hybridized carbons (Fsp3) is 0.250. The molecule has 2 amide bonds. The molecule has 1 aliphatic rings. The van der Waals surface area contributed by atoms with E-state index in [1.807, 2.05) is 35.7 Å². The molecule has 160 valence electrons. The van der Waals surface area contributed by atoms with Crippen LogP contribution in [0.15, 0.2) is 71.4 Å². The Balaban J connectivity index is 1.21. The summed E-state index contributed by atoms with van der Waals surface area (Å²) in [5.74, 6) is 0.533. The van der Waals surface area contributed by atoms with E-state index in [1.165, 1.54) is 11.3 Å². The van der Waals surface area contributed by atoms with Gasteiger partial charge in [0.2, 0.25) is 0 Å². The van der Waals surface area contributed by atoms with Crippen LogP contribution in [0, 0.1) is 0 Å². The molecular formula is C24H24N2O4S. The van der Waals surface area contributed by atoms with Gasteiger partial charge >= 0.3 is 0 Å². The van der Waals surface area contributed by atoms with Crippen molar-refractivity contribution in [3.63, 3.8) is 0 Å². The van der Waals surface area contributed by atoms with E-state index in [2.05, 4.69) is 5.32 Å². The Morgan fingerprint density at radius 1 is 1.00 bits per heavy atom. The smallest absolute Gasteiger partial charge is 0.256 e. The molecule has 3 aromatic rings. The van der Waals surface area contributed by atoms with Crippen LogP contribution >= 0.6 is 11.3 Å². The number of hydrogen-bond acceptors (Lipinski definition) is 5. The van der Waals surface area contributed by atoms with Crippen molar-refractivity contribution in [2.24, 2.45) is 0 Å². The fourth-order valence-corrected chi connectivity index (χ4v) is 3.90. The largest absolute Gasteiger partial charge is 0.494 e. The summed E-state index contributed by atoms with van der Waals surface area (Å²) in [6.45, 7) is 2.28. The van der Waals surface area contributed by atoms with Crippen LogP contribution in [0.25, 0.3) is 0 Å². The maximum atomic E-state index is 12.9. The third-order valence-electron chi connectivity index (χ3n) is 4.98. The number of carbonyl (C=O) groups is 2. The summed E-state index contributed by atoms with van der Waals surface area (Å²) in [4.78, 5) is 27.0. The number of carbonyl (C=O) groups excluding carboxylic acids is 2. The first-order valence-electron chi connectivity index (χ1n) is 10.2. The number of rotatable bonds is 9. The first kappa shape index (κ1) is 21.1. The standard InChI is InChI=1S/C24H24N2O4S/c27-23(18-11-14-31-17-18)25-22-10-5-4-9-21(22)24(28)26-15-20(16-26)30-13-6-12-29-19-7-2-1-3-8-19/h1-5,7-11,14,17,20H,6,12-13,15-16H2,(H,25,27). The lowest BCUT2D eigenvalue weighted by Gasteiger charge is -2.39. The van der Waals surface area contributed by atoms with Crippen LogP contribution in [0.2, 0.25) is 0 Å². The highest BCUT2D eigenvalue weighted by Crippen LogP contribution is 2.22. The maximum absolute atomic E-state index is 12.9. The number of ether oxygens (including phenoxy) is 2. The van der Waals surface area contributed by atoms with Gasteiger partial charge in [0.1, 0.15) is 5.75 Å². The number of benzene rings is 2. The lowest BCUT2D eigenvalue weighted by Crippen LogP contribution is -2.55. The van der Waals surface area contributed by atoms with Crippen molar-refractivity contribution < 1.29 is 19.1 Å². The molecule has 2 aromatic carbocycles. The van der Waals surface area contributed by atoms with Crippen LogP contribution in [0.5, 0.6) is 5.75 Å². The zero-order valence-electron chi connectivity index (χ0n) is 17.0. The minimum Gasteiger partial charge on any atom is -0.494 e. The number of anilines is 1. The molecule has 0 spiro atoms. The molecule has 1 saturated heterocycles. The summed E-state index contributed by atoms with van der Waals surface area (Å²) in [5, 5.41) is 6.47. The summed E-state index contributed by atoms with van der Waals surface area (Å²) in [7, 11) is 0. The van der Waals surface area contributed by atoms with Gasteiger partial charge < -0.3 is 19.7 Å². The summed E-state index contributed by atoms with van der Waals surface area (Å²) in [5.41, 5.74) is 1.59. The van der Waals surface area contributed by atoms with E-state index < -0.39 is 0 Å². The molecule has 0 saturated carbocycles. The number of nitrogens with zero attached hydrogens (tertiary/aromatic N) is 1. The third-order valence-corrected chi connectivity index (χ3v) is 5.66. The fourth-order valence-electron chi connectivity index (χ4n) is 3.26. The van der Waals surface area contributed by atoms with Crippen molar-refractivity contribution in [3.8, 4) is 5.75 Å². The van der Waals surface area contributed by atoms with E-state index in [0.29, 0.717) is 43.1 Å². The Labute approximate surface area is 185 Å². The second-order valence-electron chi connectivity index (χ2n) is 7.23. The zero-order valence-corrected chi connectivity index (χ0v) is 17.8. The molecule has 1 aliphatic heterocycles. The topological polar surface area (TPSA) is 67.9 Å². The van der Waals surface area contributed by atoms with E-state index in [-0.39, 0.29) is 17.9 Å². The molecule has 31 heavy (non-hydrogen) atoms.